The second kappa shape index (κ2) is 6.60. The van der Waals surface area contributed by atoms with Gasteiger partial charge in [-0.2, -0.15) is 5.10 Å². The summed E-state index contributed by atoms with van der Waals surface area (Å²) in [6.07, 6.45) is 7.52. The molecule has 0 bridgehead atoms. The van der Waals surface area contributed by atoms with Crippen molar-refractivity contribution in [1.29, 1.82) is 0 Å². The monoisotopic (exact) mass is 337 g/mol. The standard InChI is InChI=1S/C18H19N5O2/c24-18(25)12-22-7-3-4-14(11-22)23-10-13(8-20-23)17-9-19-15-5-1-2-6-16(15)21-17/h1-2,5-6,8-10,14H,3-4,7,11-12H2,(H,24,25). The van der Waals surface area contributed by atoms with E-state index >= 15 is 0 Å². The number of carbonyl (C=O) groups is 1. The fraction of sp³-hybridized carbons (Fsp3) is 0.333. The van der Waals surface area contributed by atoms with E-state index in [1.165, 1.54) is 0 Å². The van der Waals surface area contributed by atoms with Crippen LogP contribution >= 0.6 is 0 Å². The fourth-order valence-corrected chi connectivity index (χ4v) is 3.35. The van der Waals surface area contributed by atoms with Gasteiger partial charge in [-0.3, -0.25) is 19.4 Å². The normalized spacial score (nSPS) is 18.5. The number of carboxylic acid groups (broad SMARTS) is 1. The number of hydrogen-bond donors (Lipinski definition) is 1. The predicted octanol–water partition coefficient (Wildman–Crippen LogP) is 2.21. The molecule has 3 heterocycles. The molecule has 3 aromatic rings. The zero-order valence-electron chi connectivity index (χ0n) is 13.7. The average Bonchev–Trinajstić information content (AvgIpc) is 3.11. The molecule has 1 atom stereocenters. The number of likely N-dealkylation sites (tertiary alicyclic amines) is 1. The Morgan fingerprint density at radius 3 is 2.92 bits per heavy atom. The number of rotatable bonds is 4. The number of nitrogens with zero attached hydrogens (tertiary/aromatic N) is 5. The number of carboxylic acids is 1. The van der Waals surface area contributed by atoms with E-state index in [2.05, 4.69) is 15.1 Å². The Bertz CT molecular complexity index is 907. The summed E-state index contributed by atoms with van der Waals surface area (Å²) < 4.78 is 1.93. The van der Waals surface area contributed by atoms with Gasteiger partial charge >= 0.3 is 5.97 Å². The second-order valence-electron chi connectivity index (χ2n) is 6.38. The zero-order valence-corrected chi connectivity index (χ0v) is 13.7. The molecular weight excluding hydrogens is 318 g/mol. The average molecular weight is 337 g/mol. The molecule has 1 unspecified atom stereocenters. The second-order valence-corrected chi connectivity index (χ2v) is 6.38. The van der Waals surface area contributed by atoms with Gasteiger partial charge in [0.2, 0.25) is 0 Å². The largest absolute Gasteiger partial charge is 0.480 e. The summed E-state index contributed by atoms with van der Waals surface area (Å²) in [6.45, 7) is 1.62. The lowest BCUT2D eigenvalue weighted by atomic mass is 10.1. The predicted molar refractivity (Wildman–Crippen MR) is 93.1 cm³/mol. The van der Waals surface area contributed by atoms with Crippen molar-refractivity contribution in [2.24, 2.45) is 0 Å². The van der Waals surface area contributed by atoms with Crippen LogP contribution in [-0.2, 0) is 4.79 Å². The van der Waals surface area contributed by atoms with E-state index in [0.717, 1.165) is 41.7 Å². The van der Waals surface area contributed by atoms with Crippen LogP contribution in [0.3, 0.4) is 0 Å². The molecule has 25 heavy (non-hydrogen) atoms. The summed E-state index contributed by atoms with van der Waals surface area (Å²) in [5.74, 6) is -0.784. The van der Waals surface area contributed by atoms with Gasteiger partial charge in [0.25, 0.3) is 0 Å². The van der Waals surface area contributed by atoms with E-state index < -0.39 is 5.97 Å². The van der Waals surface area contributed by atoms with E-state index in [1.54, 1.807) is 12.4 Å². The highest BCUT2D eigenvalue weighted by atomic mass is 16.4. The quantitative estimate of drug-likeness (QED) is 0.786. The molecule has 7 nitrogen and oxygen atoms in total. The number of aliphatic carboxylic acids is 1. The molecule has 4 rings (SSSR count). The first kappa shape index (κ1) is 15.7. The highest BCUT2D eigenvalue weighted by Gasteiger charge is 2.23. The van der Waals surface area contributed by atoms with Crippen LogP contribution in [0.25, 0.3) is 22.3 Å². The Morgan fingerprint density at radius 2 is 2.08 bits per heavy atom. The molecular formula is C18H19N5O2. The van der Waals surface area contributed by atoms with Crippen LogP contribution < -0.4 is 0 Å². The van der Waals surface area contributed by atoms with Crippen molar-refractivity contribution in [2.75, 3.05) is 19.6 Å². The lowest BCUT2D eigenvalue weighted by Gasteiger charge is -2.31. The number of para-hydroxylation sites is 2. The van der Waals surface area contributed by atoms with Gasteiger partial charge in [0.1, 0.15) is 0 Å². The van der Waals surface area contributed by atoms with Crippen molar-refractivity contribution in [2.45, 2.75) is 18.9 Å². The lowest BCUT2D eigenvalue weighted by molar-refractivity contribution is -0.138. The van der Waals surface area contributed by atoms with E-state index in [9.17, 15) is 4.79 Å². The minimum Gasteiger partial charge on any atom is -0.480 e. The van der Waals surface area contributed by atoms with E-state index in [4.69, 9.17) is 5.11 Å². The van der Waals surface area contributed by atoms with E-state index in [-0.39, 0.29) is 12.6 Å². The molecule has 0 amide bonds. The van der Waals surface area contributed by atoms with Gasteiger partial charge in [0.05, 0.1) is 41.7 Å². The van der Waals surface area contributed by atoms with Crippen molar-refractivity contribution in [3.8, 4) is 11.3 Å². The Hall–Kier alpha value is -2.80. The number of piperidine rings is 1. The van der Waals surface area contributed by atoms with Gasteiger partial charge in [0.15, 0.2) is 0 Å². The molecule has 128 valence electrons. The third-order valence-corrected chi connectivity index (χ3v) is 4.56. The van der Waals surface area contributed by atoms with Crippen LogP contribution in [0.5, 0.6) is 0 Å². The number of hydrogen-bond acceptors (Lipinski definition) is 5. The molecule has 1 saturated heterocycles. The first-order valence-electron chi connectivity index (χ1n) is 8.39. The van der Waals surface area contributed by atoms with Crippen LogP contribution in [0.1, 0.15) is 18.9 Å². The highest BCUT2D eigenvalue weighted by molar-refractivity contribution is 5.76. The van der Waals surface area contributed by atoms with Gasteiger partial charge in [-0.15, -0.1) is 0 Å². The lowest BCUT2D eigenvalue weighted by Crippen LogP contribution is -2.39. The van der Waals surface area contributed by atoms with E-state index in [0.29, 0.717) is 6.54 Å². The molecule has 7 heteroatoms. The number of fused-ring (bicyclic) bond motifs is 1. The molecule has 1 N–H and O–H groups in total. The minimum absolute atomic E-state index is 0.0841. The van der Waals surface area contributed by atoms with Gasteiger partial charge in [-0.25, -0.2) is 4.98 Å². The first-order valence-corrected chi connectivity index (χ1v) is 8.39. The van der Waals surface area contributed by atoms with Crippen molar-refractivity contribution >= 4 is 17.0 Å². The molecule has 1 aliphatic heterocycles. The minimum atomic E-state index is -0.784. The maximum absolute atomic E-state index is 10.9. The van der Waals surface area contributed by atoms with Crippen molar-refractivity contribution in [3.05, 3.63) is 42.9 Å². The first-order chi connectivity index (χ1) is 12.2. The number of aromatic nitrogens is 4. The smallest absolute Gasteiger partial charge is 0.317 e. The summed E-state index contributed by atoms with van der Waals surface area (Å²) in [5.41, 5.74) is 3.45. The van der Waals surface area contributed by atoms with Crippen molar-refractivity contribution in [1.82, 2.24) is 24.6 Å². The molecule has 0 radical (unpaired) electrons. The summed E-state index contributed by atoms with van der Waals surface area (Å²) >= 11 is 0. The van der Waals surface area contributed by atoms with Crippen molar-refractivity contribution < 1.29 is 9.90 Å². The third-order valence-electron chi connectivity index (χ3n) is 4.56. The summed E-state index contributed by atoms with van der Waals surface area (Å²) in [6, 6.07) is 7.97. The Kier molecular flexibility index (Phi) is 4.15. The summed E-state index contributed by atoms with van der Waals surface area (Å²) in [7, 11) is 0. The molecule has 0 spiro atoms. The molecule has 1 aliphatic rings. The van der Waals surface area contributed by atoms with Crippen LogP contribution in [0, 0.1) is 0 Å². The summed E-state index contributed by atoms with van der Waals surface area (Å²) in [5, 5.41) is 13.5. The Morgan fingerprint density at radius 1 is 1.24 bits per heavy atom. The fourth-order valence-electron chi connectivity index (χ4n) is 3.35. The molecule has 1 fully saturated rings. The maximum atomic E-state index is 10.9. The van der Waals surface area contributed by atoms with Crippen LogP contribution in [0.15, 0.2) is 42.9 Å². The number of benzene rings is 1. The molecule has 1 aromatic carbocycles. The molecule has 0 saturated carbocycles. The van der Waals surface area contributed by atoms with Crippen LogP contribution in [0.2, 0.25) is 0 Å². The van der Waals surface area contributed by atoms with Crippen LogP contribution in [-0.4, -0.2) is 55.4 Å². The van der Waals surface area contributed by atoms with E-state index in [1.807, 2.05) is 40.0 Å². The highest BCUT2D eigenvalue weighted by Crippen LogP contribution is 2.24. The SMILES string of the molecule is O=C(O)CN1CCCC(n2cc(-c3cnc4ccccc4n3)cn2)C1. The van der Waals surface area contributed by atoms with Gasteiger partial charge < -0.3 is 5.11 Å². The summed E-state index contributed by atoms with van der Waals surface area (Å²) in [4.78, 5) is 22.0. The van der Waals surface area contributed by atoms with Gasteiger partial charge in [-0.1, -0.05) is 12.1 Å². The molecule has 0 aliphatic carbocycles. The Balaban J connectivity index is 1.55. The molecule has 2 aromatic heterocycles. The van der Waals surface area contributed by atoms with Gasteiger partial charge in [0, 0.05) is 18.3 Å². The van der Waals surface area contributed by atoms with Crippen LogP contribution in [0.4, 0.5) is 0 Å². The zero-order chi connectivity index (χ0) is 17.2. The van der Waals surface area contributed by atoms with Gasteiger partial charge in [-0.05, 0) is 31.5 Å². The maximum Gasteiger partial charge on any atom is 0.317 e. The third kappa shape index (κ3) is 3.36. The Labute approximate surface area is 144 Å². The van der Waals surface area contributed by atoms with Crippen molar-refractivity contribution in [3.63, 3.8) is 0 Å². The topological polar surface area (TPSA) is 84.1 Å².